The zero-order valence-corrected chi connectivity index (χ0v) is 10.9. The molecule has 0 aromatic heterocycles. The highest BCUT2D eigenvalue weighted by Crippen LogP contribution is 2.24. The van der Waals surface area contributed by atoms with Crippen molar-refractivity contribution in [2.24, 2.45) is 5.92 Å². The summed E-state index contributed by atoms with van der Waals surface area (Å²) in [4.78, 5) is 0. The molecular formula is C16H24. The van der Waals surface area contributed by atoms with Crippen molar-refractivity contribution >= 4 is 0 Å². The maximum absolute atomic E-state index is 3.89. The fraction of sp³-hybridized carbons (Fsp3) is 0.500. The Balaban J connectivity index is 2.48. The van der Waals surface area contributed by atoms with Gasteiger partial charge in [-0.05, 0) is 43.6 Å². The summed E-state index contributed by atoms with van der Waals surface area (Å²) in [5.74, 6) is 1.35. The van der Waals surface area contributed by atoms with E-state index in [0.717, 1.165) is 0 Å². The smallest absolute Gasteiger partial charge is 0.0190 e. The molecule has 0 nitrogen and oxygen atoms in total. The average molecular weight is 216 g/mol. The zero-order chi connectivity index (χ0) is 12.0. The van der Waals surface area contributed by atoms with Gasteiger partial charge < -0.3 is 0 Å². The fourth-order valence-corrected chi connectivity index (χ4v) is 2.01. The van der Waals surface area contributed by atoms with Crippen molar-refractivity contribution in [1.82, 2.24) is 0 Å². The Morgan fingerprint density at radius 1 is 1.19 bits per heavy atom. The third-order valence-corrected chi connectivity index (χ3v) is 3.47. The van der Waals surface area contributed by atoms with Crippen LogP contribution in [-0.2, 0) is 0 Å². The van der Waals surface area contributed by atoms with Gasteiger partial charge in [-0.2, -0.15) is 0 Å². The van der Waals surface area contributed by atoms with Crippen LogP contribution in [0.25, 0.3) is 0 Å². The lowest BCUT2D eigenvalue weighted by Crippen LogP contribution is -1.99. The van der Waals surface area contributed by atoms with Gasteiger partial charge in [0.15, 0.2) is 0 Å². The summed E-state index contributed by atoms with van der Waals surface area (Å²) >= 11 is 0. The minimum atomic E-state index is 0.662. The first-order valence-electron chi connectivity index (χ1n) is 6.36. The van der Waals surface area contributed by atoms with Gasteiger partial charge in [0.05, 0.1) is 0 Å². The van der Waals surface area contributed by atoms with E-state index in [9.17, 15) is 0 Å². The maximum atomic E-state index is 3.89. The van der Waals surface area contributed by atoms with Gasteiger partial charge in [-0.15, -0.1) is 6.58 Å². The van der Waals surface area contributed by atoms with Gasteiger partial charge in [-0.25, -0.2) is 0 Å². The van der Waals surface area contributed by atoms with Crippen LogP contribution in [0.15, 0.2) is 36.9 Å². The lowest BCUT2D eigenvalue weighted by atomic mass is 9.90. The minimum Gasteiger partial charge on any atom is -0.103 e. The first kappa shape index (κ1) is 13.0. The Bertz CT molecular complexity index is 307. The Morgan fingerprint density at radius 2 is 1.81 bits per heavy atom. The Labute approximate surface area is 100 Å². The van der Waals surface area contributed by atoms with E-state index in [2.05, 4.69) is 57.7 Å². The number of rotatable bonds is 6. The van der Waals surface area contributed by atoms with Crippen molar-refractivity contribution in [2.45, 2.75) is 46.0 Å². The Kier molecular flexibility index (Phi) is 5.31. The maximum Gasteiger partial charge on any atom is -0.0190 e. The molecule has 0 radical (unpaired) electrons. The molecule has 0 aliphatic rings. The summed E-state index contributed by atoms with van der Waals surface area (Å²) in [7, 11) is 0. The first-order chi connectivity index (χ1) is 7.67. The fourth-order valence-electron chi connectivity index (χ4n) is 2.01. The van der Waals surface area contributed by atoms with E-state index in [1.165, 1.54) is 30.4 Å². The molecular weight excluding hydrogens is 192 g/mol. The molecule has 0 amide bonds. The summed E-state index contributed by atoms with van der Waals surface area (Å²) in [6.07, 6.45) is 5.83. The van der Waals surface area contributed by atoms with E-state index in [-0.39, 0.29) is 0 Å². The minimum absolute atomic E-state index is 0.662. The van der Waals surface area contributed by atoms with Crippen LogP contribution in [0.1, 0.15) is 50.2 Å². The molecule has 0 N–H and O–H groups in total. The molecule has 0 bridgehead atoms. The van der Waals surface area contributed by atoms with Crippen LogP contribution < -0.4 is 0 Å². The van der Waals surface area contributed by atoms with Crippen LogP contribution in [0.4, 0.5) is 0 Å². The number of hydrogen-bond acceptors (Lipinski definition) is 0. The normalized spacial score (nSPS) is 14.4. The van der Waals surface area contributed by atoms with Crippen LogP contribution in [0, 0.1) is 12.8 Å². The molecule has 16 heavy (non-hydrogen) atoms. The lowest BCUT2D eigenvalue weighted by Gasteiger charge is -2.15. The van der Waals surface area contributed by atoms with E-state index in [4.69, 9.17) is 0 Å². The molecule has 0 fully saturated rings. The average Bonchev–Trinajstić information content (AvgIpc) is 2.31. The molecule has 0 heteroatoms. The summed E-state index contributed by atoms with van der Waals surface area (Å²) in [5.41, 5.74) is 2.80. The topological polar surface area (TPSA) is 0 Å². The van der Waals surface area contributed by atoms with Crippen molar-refractivity contribution in [2.75, 3.05) is 0 Å². The number of hydrogen-bond donors (Lipinski definition) is 0. The van der Waals surface area contributed by atoms with Crippen LogP contribution >= 0.6 is 0 Å². The molecule has 2 unspecified atom stereocenters. The van der Waals surface area contributed by atoms with Gasteiger partial charge >= 0.3 is 0 Å². The number of benzene rings is 1. The van der Waals surface area contributed by atoms with E-state index in [0.29, 0.717) is 11.8 Å². The van der Waals surface area contributed by atoms with Crippen molar-refractivity contribution in [3.05, 3.63) is 48.0 Å². The van der Waals surface area contributed by atoms with Crippen LogP contribution in [0.3, 0.4) is 0 Å². The van der Waals surface area contributed by atoms with E-state index < -0.39 is 0 Å². The molecule has 1 aromatic rings. The Hall–Kier alpha value is -1.04. The zero-order valence-electron chi connectivity index (χ0n) is 10.9. The highest BCUT2D eigenvalue weighted by atomic mass is 14.1. The quantitative estimate of drug-likeness (QED) is 0.581. The molecule has 0 saturated carbocycles. The van der Waals surface area contributed by atoms with Gasteiger partial charge in [0.2, 0.25) is 0 Å². The molecule has 0 aliphatic carbocycles. The summed E-state index contributed by atoms with van der Waals surface area (Å²) in [5, 5.41) is 0. The van der Waals surface area contributed by atoms with E-state index in [1.807, 2.05) is 0 Å². The van der Waals surface area contributed by atoms with Crippen molar-refractivity contribution in [3.63, 3.8) is 0 Å². The molecule has 1 aromatic carbocycles. The van der Waals surface area contributed by atoms with Gasteiger partial charge in [0.1, 0.15) is 0 Å². The monoisotopic (exact) mass is 216 g/mol. The second-order valence-electron chi connectivity index (χ2n) is 4.79. The molecule has 2 atom stereocenters. The second kappa shape index (κ2) is 6.52. The van der Waals surface area contributed by atoms with E-state index >= 15 is 0 Å². The van der Waals surface area contributed by atoms with Gasteiger partial charge in [0, 0.05) is 0 Å². The van der Waals surface area contributed by atoms with Crippen LogP contribution in [0.5, 0.6) is 0 Å². The van der Waals surface area contributed by atoms with E-state index in [1.54, 1.807) is 0 Å². The number of aryl methyl sites for hydroxylation is 1. The number of allylic oxidation sites excluding steroid dienone is 1. The summed E-state index contributed by atoms with van der Waals surface area (Å²) < 4.78 is 0. The molecule has 0 heterocycles. The second-order valence-corrected chi connectivity index (χ2v) is 4.79. The Morgan fingerprint density at radius 3 is 2.31 bits per heavy atom. The molecule has 0 saturated heterocycles. The largest absolute Gasteiger partial charge is 0.103 e. The predicted molar refractivity (Wildman–Crippen MR) is 72.8 cm³/mol. The standard InChI is InChI=1S/C16H24/c1-5-15(6-2)10-9-14(4)16-11-7-13(3)8-12-16/h5,7-8,11-12,14-15H,1,6,9-10H2,2-4H3. The highest BCUT2D eigenvalue weighted by molar-refractivity contribution is 5.23. The van der Waals surface area contributed by atoms with Gasteiger partial charge in [-0.3, -0.25) is 0 Å². The predicted octanol–water partition coefficient (Wildman–Crippen LogP) is 5.09. The van der Waals surface area contributed by atoms with Gasteiger partial charge in [-0.1, -0.05) is 49.8 Å². The molecule has 0 aliphatic heterocycles. The molecule has 88 valence electrons. The van der Waals surface area contributed by atoms with Crippen LogP contribution in [0.2, 0.25) is 0 Å². The third-order valence-electron chi connectivity index (χ3n) is 3.47. The SMILES string of the molecule is C=CC(CC)CCC(C)c1ccc(C)cc1. The molecule has 1 rings (SSSR count). The summed E-state index contributed by atoms with van der Waals surface area (Å²) in [6.45, 7) is 10.6. The molecule has 0 spiro atoms. The van der Waals surface area contributed by atoms with Crippen molar-refractivity contribution in [3.8, 4) is 0 Å². The third kappa shape index (κ3) is 3.84. The van der Waals surface area contributed by atoms with Crippen LogP contribution in [-0.4, -0.2) is 0 Å². The highest BCUT2D eigenvalue weighted by Gasteiger charge is 2.08. The first-order valence-corrected chi connectivity index (χ1v) is 6.36. The summed E-state index contributed by atoms with van der Waals surface area (Å²) in [6, 6.07) is 8.93. The van der Waals surface area contributed by atoms with Gasteiger partial charge in [0.25, 0.3) is 0 Å². The van der Waals surface area contributed by atoms with Crippen molar-refractivity contribution < 1.29 is 0 Å². The van der Waals surface area contributed by atoms with Crippen molar-refractivity contribution in [1.29, 1.82) is 0 Å². The lowest BCUT2D eigenvalue weighted by molar-refractivity contribution is 0.511.